The Bertz CT molecular complexity index is 1070. The molecule has 1 aromatic heterocycles. The lowest BCUT2D eigenvalue weighted by atomic mass is 10.2. The van der Waals surface area contributed by atoms with Crippen LogP contribution in [0.3, 0.4) is 0 Å². The van der Waals surface area contributed by atoms with E-state index in [-0.39, 0.29) is 24.0 Å². The zero-order valence-electron chi connectivity index (χ0n) is 17.7. The van der Waals surface area contributed by atoms with Gasteiger partial charge < -0.3 is 19.4 Å². The number of nitrogens with zero attached hydrogens (tertiary/aromatic N) is 3. The van der Waals surface area contributed by atoms with Gasteiger partial charge in [0.05, 0.1) is 17.9 Å². The Morgan fingerprint density at radius 3 is 2.53 bits per heavy atom. The minimum atomic E-state index is -0.448. The van der Waals surface area contributed by atoms with Crippen molar-refractivity contribution in [3.05, 3.63) is 65.7 Å². The van der Waals surface area contributed by atoms with Gasteiger partial charge in [0.25, 0.3) is 0 Å². The summed E-state index contributed by atoms with van der Waals surface area (Å²) in [5.41, 5.74) is 0.986. The number of para-hydroxylation sites is 1. The molecule has 0 aliphatic heterocycles. The van der Waals surface area contributed by atoms with Gasteiger partial charge in [-0.1, -0.05) is 23.9 Å². The van der Waals surface area contributed by atoms with Crippen LogP contribution in [0.5, 0.6) is 5.75 Å². The van der Waals surface area contributed by atoms with Gasteiger partial charge in [0.2, 0.25) is 5.91 Å². The van der Waals surface area contributed by atoms with Gasteiger partial charge in [-0.15, -0.1) is 10.2 Å². The maximum absolute atomic E-state index is 13.7. The molecule has 0 saturated carbocycles. The van der Waals surface area contributed by atoms with Gasteiger partial charge in [-0.2, -0.15) is 0 Å². The van der Waals surface area contributed by atoms with Gasteiger partial charge in [-0.3, -0.25) is 4.79 Å². The van der Waals surface area contributed by atoms with Crippen molar-refractivity contribution in [2.75, 3.05) is 17.7 Å². The first kappa shape index (κ1) is 23.3. The lowest BCUT2D eigenvalue weighted by molar-refractivity contribution is -0.113. The Balaban J connectivity index is 1.54. The smallest absolute Gasteiger partial charge is 0.338 e. The van der Waals surface area contributed by atoms with Gasteiger partial charge in [-0.25, -0.2) is 9.18 Å². The van der Waals surface area contributed by atoms with Crippen LogP contribution in [0.15, 0.2) is 53.7 Å². The number of rotatable bonds is 10. The normalized spacial score (nSPS) is 10.6. The summed E-state index contributed by atoms with van der Waals surface area (Å²) in [5, 5.41) is 11.6. The third-order valence-electron chi connectivity index (χ3n) is 4.32. The lowest BCUT2D eigenvalue weighted by Crippen LogP contribution is -2.15. The molecule has 3 aromatic rings. The average Bonchev–Trinajstić information content (AvgIpc) is 3.19. The Labute approximate surface area is 189 Å². The molecule has 0 atom stereocenters. The highest BCUT2D eigenvalue weighted by molar-refractivity contribution is 7.99. The van der Waals surface area contributed by atoms with E-state index >= 15 is 0 Å². The third kappa shape index (κ3) is 6.07. The van der Waals surface area contributed by atoms with Crippen molar-refractivity contribution in [2.45, 2.75) is 32.2 Å². The van der Waals surface area contributed by atoms with Crippen LogP contribution in [0.2, 0.25) is 0 Å². The number of hydrogen-bond acceptors (Lipinski definition) is 7. The summed E-state index contributed by atoms with van der Waals surface area (Å²) in [6.07, 6.45) is 0. The van der Waals surface area contributed by atoms with E-state index in [0.29, 0.717) is 35.4 Å². The Morgan fingerprint density at radius 2 is 1.84 bits per heavy atom. The van der Waals surface area contributed by atoms with E-state index in [1.165, 1.54) is 17.8 Å². The van der Waals surface area contributed by atoms with E-state index in [2.05, 4.69) is 15.5 Å². The fourth-order valence-electron chi connectivity index (χ4n) is 2.79. The summed E-state index contributed by atoms with van der Waals surface area (Å²) in [7, 11) is 0. The number of carbonyl (C=O) groups is 2. The van der Waals surface area contributed by atoms with E-state index < -0.39 is 11.8 Å². The Morgan fingerprint density at radius 1 is 1.09 bits per heavy atom. The first-order valence-electron chi connectivity index (χ1n) is 10.0. The summed E-state index contributed by atoms with van der Waals surface area (Å²) >= 11 is 1.23. The van der Waals surface area contributed by atoms with E-state index in [1.54, 1.807) is 49.4 Å². The average molecular weight is 459 g/mol. The molecule has 32 heavy (non-hydrogen) atoms. The molecule has 0 saturated heterocycles. The van der Waals surface area contributed by atoms with Crippen molar-refractivity contribution in [3.8, 4) is 5.75 Å². The summed E-state index contributed by atoms with van der Waals surface area (Å²) in [5.74, 6) is -0.291. The van der Waals surface area contributed by atoms with Gasteiger partial charge in [0, 0.05) is 12.2 Å². The van der Waals surface area contributed by atoms with Crippen molar-refractivity contribution >= 4 is 29.3 Å². The molecular weight excluding hydrogens is 435 g/mol. The predicted molar refractivity (Wildman–Crippen MR) is 118 cm³/mol. The first-order chi connectivity index (χ1) is 15.5. The molecule has 2 aromatic carbocycles. The van der Waals surface area contributed by atoms with Crippen molar-refractivity contribution < 1.29 is 23.5 Å². The fraction of sp³-hybridized carbons (Fsp3) is 0.273. The monoisotopic (exact) mass is 458 g/mol. The number of hydrogen-bond donors (Lipinski definition) is 1. The van der Waals surface area contributed by atoms with E-state index in [4.69, 9.17) is 9.47 Å². The Hall–Kier alpha value is -3.40. The molecule has 0 unspecified atom stereocenters. The van der Waals surface area contributed by atoms with Crippen molar-refractivity contribution in [2.24, 2.45) is 0 Å². The topological polar surface area (TPSA) is 95.3 Å². The highest BCUT2D eigenvalue weighted by Crippen LogP contribution is 2.21. The van der Waals surface area contributed by atoms with Gasteiger partial charge in [0.15, 0.2) is 22.5 Å². The summed E-state index contributed by atoms with van der Waals surface area (Å²) in [6, 6.07) is 12.6. The van der Waals surface area contributed by atoms with E-state index in [0.717, 1.165) is 0 Å². The molecule has 0 spiro atoms. The molecule has 0 aliphatic rings. The molecule has 168 valence electrons. The number of thioether (sulfide) groups is 1. The number of benzene rings is 2. The summed E-state index contributed by atoms with van der Waals surface area (Å²) < 4.78 is 26.0. The lowest BCUT2D eigenvalue weighted by Gasteiger charge is -2.09. The molecule has 0 fully saturated rings. The van der Waals surface area contributed by atoms with Crippen LogP contribution < -0.4 is 10.1 Å². The molecule has 1 amide bonds. The van der Waals surface area contributed by atoms with Crippen LogP contribution in [0.1, 0.15) is 30.0 Å². The van der Waals surface area contributed by atoms with Crippen LogP contribution >= 0.6 is 11.8 Å². The molecule has 0 bridgehead atoms. The minimum absolute atomic E-state index is 0.0569. The van der Waals surface area contributed by atoms with Gasteiger partial charge >= 0.3 is 5.97 Å². The van der Waals surface area contributed by atoms with Crippen LogP contribution in [0, 0.1) is 5.82 Å². The zero-order valence-corrected chi connectivity index (χ0v) is 18.5. The summed E-state index contributed by atoms with van der Waals surface area (Å²) in [6.45, 7) is 4.59. The van der Waals surface area contributed by atoms with Crippen LogP contribution in [0.4, 0.5) is 10.1 Å². The van der Waals surface area contributed by atoms with Crippen LogP contribution in [0.25, 0.3) is 0 Å². The standard InChI is InChI=1S/C22H23FN4O4S/c1-3-27-19(13-31-18-8-6-5-7-17(18)23)25-26-22(27)32-14-20(28)24-16-11-9-15(10-12-16)21(29)30-4-2/h5-12H,3-4,13-14H2,1-2H3,(H,24,28). The van der Waals surface area contributed by atoms with Crippen LogP contribution in [-0.2, 0) is 22.7 Å². The van der Waals surface area contributed by atoms with Crippen molar-refractivity contribution in [1.29, 1.82) is 0 Å². The molecule has 3 rings (SSSR count). The number of anilines is 1. The SMILES string of the molecule is CCOC(=O)c1ccc(NC(=O)CSc2nnc(COc3ccccc3F)n2CC)cc1. The van der Waals surface area contributed by atoms with Gasteiger partial charge in [0.1, 0.15) is 6.61 Å². The Kier molecular flexibility index (Phi) is 8.20. The van der Waals surface area contributed by atoms with E-state index in [1.807, 2.05) is 11.5 Å². The summed E-state index contributed by atoms with van der Waals surface area (Å²) in [4.78, 5) is 24.0. The molecule has 10 heteroatoms. The zero-order chi connectivity index (χ0) is 22.9. The highest BCUT2D eigenvalue weighted by Gasteiger charge is 2.15. The molecule has 1 heterocycles. The third-order valence-corrected chi connectivity index (χ3v) is 5.28. The molecule has 0 radical (unpaired) electrons. The fourth-order valence-corrected chi connectivity index (χ4v) is 3.61. The van der Waals surface area contributed by atoms with Crippen LogP contribution in [-0.4, -0.2) is 39.0 Å². The highest BCUT2D eigenvalue weighted by atomic mass is 32.2. The second-order valence-corrected chi connectivity index (χ2v) is 7.44. The second kappa shape index (κ2) is 11.3. The number of nitrogens with one attached hydrogen (secondary N) is 1. The number of aromatic nitrogens is 3. The number of ether oxygens (including phenoxy) is 2. The van der Waals surface area contributed by atoms with E-state index in [9.17, 15) is 14.0 Å². The molecule has 0 aliphatic carbocycles. The van der Waals surface area contributed by atoms with Crippen molar-refractivity contribution in [3.63, 3.8) is 0 Å². The minimum Gasteiger partial charge on any atom is -0.483 e. The molecule has 1 N–H and O–H groups in total. The number of halogens is 1. The predicted octanol–water partition coefficient (Wildman–Crippen LogP) is 3.92. The second-order valence-electron chi connectivity index (χ2n) is 6.50. The first-order valence-corrected chi connectivity index (χ1v) is 11.0. The quantitative estimate of drug-likeness (QED) is 0.363. The number of carbonyl (C=O) groups excluding carboxylic acids is 2. The number of esters is 1. The maximum Gasteiger partial charge on any atom is 0.338 e. The number of amides is 1. The maximum atomic E-state index is 13.7. The van der Waals surface area contributed by atoms with Gasteiger partial charge in [-0.05, 0) is 50.2 Å². The molecule has 8 nitrogen and oxygen atoms in total. The molecular formula is C22H23FN4O4S. The largest absolute Gasteiger partial charge is 0.483 e. The van der Waals surface area contributed by atoms with Crippen molar-refractivity contribution in [1.82, 2.24) is 14.8 Å².